The molecule has 2 unspecified atom stereocenters. The summed E-state index contributed by atoms with van der Waals surface area (Å²) < 4.78 is 69.1. The van der Waals surface area contributed by atoms with Crippen LogP contribution in [0.2, 0.25) is 0 Å². The van der Waals surface area contributed by atoms with Gasteiger partial charge in [-0.25, -0.2) is 9.13 Å². The van der Waals surface area contributed by atoms with E-state index in [0.717, 1.165) is 141 Å². The molecule has 0 saturated carbocycles. The van der Waals surface area contributed by atoms with Crippen LogP contribution in [0, 0.1) is 0 Å². The second kappa shape index (κ2) is 71.7. The quantitative estimate of drug-likeness (QED) is 0.0128. The van der Waals surface area contributed by atoms with E-state index in [2.05, 4.69) is 75.5 Å². The highest BCUT2D eigenvalue weighted by Gasteiger charge is 2.30. The fourth-order valence-electron chi connectivity index (χ4n) is 10.6. The Hall–Kier alpha value is -3.08. The van der Waals surface area contributed by atoms with E-state index in [1.807, 2.05) is 6.08 Å². The first kappa shape index (κ1) is 92.9. The van der Waals surface area contributed by atoms with Gasteiger partial charge in [0.15, 0.2) is 6.10 Å². The lowest BCUT2D eigenvalue weighted by Crippen LogP contribution is -2.30. The van der Waals surface area contributed by atoms with Crippen LogP contribution in [-0.2, 0) is 65.4 Å². The lowest BCUT2D eigenvalue weighted by atomic mass is 10.0. The number of aliphatic hydroxyl groups is 1. The molecule has 0 fully saturated rings. The van der Waals surface area contributed by atoms with Gasteiger partial charge >= 0.3 is 33.6 Å². The topological polar surface area (TPSA) is 237 Å². The number of esters is 3. The Labute approximate surface area is 584 Å². The van der Waals surface area contributed by atoms with Crippen molar-refractivity contribution in [1.29, 1.82) is 0 Å². The lowest BCUT2D eigenvalue weighted by Gasteiger charge is -2.21. The van der Waals surface area contributed by atoms with Crippen LogP contribution in [0.15, 0.2) is 60.8 Å². The van der Waals surface area contributed by atoms with Gasteiger partial charge in [0.25, 0.3) is 0 Å². The summed E-state index contributed by atoms with van der Waals surface area (Å²) in [5.41, 5.74) is 0. The van der Waals surface area contributed by atoms with Crippen molar-refractivity contribution in [3.05, 3.63) is 60.8 Å². The Morgan fingerprint density at radius 1 is 0.333 bits per heavy atom. The Bertz CT molecular complexity index is 2030. The van der Waals surface area contributed by atoms with Crippen LogP contribution in [0.5, 0.6) is 0 Å². The molecule has 0 aliphatic heterocycles. The minimum atomic E-state index is -4.94. The van der Waals surface area contributed by atoms with E-state index in [9.17, 15) is 43.2 Å². The van der Waals surface area contributed by atoms with Crippen molar-refractivity contribution < 1.29 is 80.2 Å². The number of phosphoric acid groups is 2. The van der Waals surface area contributed by atoms with Gasteiger partial charge < -0.3 is 38.6 Å². The Morgan fingerprint density at radius 3 is 1.05 bits per heavy atom. The minimum absolute atomic E-state index is 0.113. The van der Waals surface area contributed by atoms with Crippen molar-refractivity contribution in [2.24, 2.45) is 0 Å². The van der Waals surface area contributed by atoms with Crippen LogP contribution < -0.4 is 0 Å². The minimum Gasteiger partial charge on any atom is -0.463 e. The zero-order chi connectivity index (χ0) is 70.2. The Morgan fingerprint density at radius 2 is 0.625 bits per heavy atom. The smallest absolute Gasteiger partial charge is 0.463 e. The number of carbonyl (C=O) groups is 4. The average Bonchev–Trinajstić information content (AvgIpc) is 2.13. The molecule has 5 atom stereocenters. The summed E-state index contributed by atoms with van der Waals surface area (Å²) in [6, 6.07) is 0. The number of aldehydes is 1. The summed E-state index contributed by atoms with van der Waals surface area (Å²) in [6.07, 6.45) is 69.9. The van der Waals surface area contributed by atoms with Gasteiger partial charge in [-0.15, -0.1) is 0 Å². The van der Waals surface area contributed by atoms with Gasteiger partial charge in [-0.3, -0.25) is 32.5 Å². The standard InChI is InChI=1S/C77H140O17P2/c1-4-7-10-13-16-19-22-25-26-27-28-33-37-42-46-51-56-61-75(80)88-68-73(87-65-60-55-50-45-40-35-30-29-34-39-44-49-54-59-64-78)70-92-95(83,84)90-66-72(79)67-91-96(85,86)93-71-74(94-77(82)63-58-53-48-43-38-32-24-21-18-15-12-9-6-3)69-89-76(81)62-57-52-47-41-36-31-23-20-17-14-11-8-5-2/h16,19,25-26,28-30,33,42,46,64,72-74,79H,4-15,17-18,20-24,27,31-32,34-41,43-45,47-63,65-71H2,1-3H3,(H,83,84)(H,85,86)/b19-16-,26-25-,30-29-,33-28-,46-42-/t72-,73-,74-/m1/s1. The molecule has 0 radical (unpaired) electrons. The zero-order valence-corrected chi connectivity index (χ0v) is 62.6. The summed E-state index contributed by atoms with van der Waals surface area (Å²) in [5, 5.41) is 10.6. The maximum absolute atomic E-state index is 13.1. The van der Waals surface area contributed by atoms with Crippen LogP contribution >= 0.6 is 15.6 Å². The Balaban J connectivity index is 5.28. The number of phosphoric ester groups is 2. The molecule has 0 aliphatic carbocycles. The fraction of sp³-hybridized carbons (Fsp3) is 0.818. The predicted molar refractivity (Wildman–Crippen MR) is 391 cm³/mol. The molecule has 0 amide bonds. The molecule has 560 valence electrons. The van der Waals surface area contributed by atoms with E-state index in [1.54, 1.807) is 0 Å². The van der Waals surface area contributed by atoms with E-state index in [1.165, 1.54) is 128 Å². The molecule has 0 saturated heterocycles. The summed E-state index contributed by atoms with van der Waals surface area (Å²) in [5.74, 6) is -1.49. The second-order valence-corrected chi connectivity index (χ2v) is 28.8. The van der Waals surface area contributed by atoms with Gasteiger partial charge in [0.1, 0.15) is 31.7 Å². The molecule has 3 N–H and O–H groups in total. The van der Waals surface area contributed by atoms with E-state index in [4.69, 9.17) is 37.0 Å². The Kier molecular flexibility index (Phi) is 69.4. The van der Waals surface area contributed by atoms with Crippen LogP contribution in [-0.4, -0.2) is 104 Å². The van der Waals surface area contributed by atoms with Crippen LogP contribution in [0.3, 0.4) is 0 Å². The molecule has 96 heavy (non-hydrogen) atoms. The van der Waals surface area contributed by atoms with Crippen molar-refractivity contribution in [2.45, 2.75) is 360 Å². The number of allylic oxidation sites excluding steroid dienone is 10. The molecule has 0 aromatic carbocycles. The van der Waals surface area contributed by atoms with Gasteiger partial charge in [0.05, 0.1) is 26.4 Å². The van der Waals surface area contributed by atoms with Gasteiger partial charge in [-0.2, -0.15) is 0 Å². The fourth-order valence-corrected chi connectivity index (χ4v) is 12.2. The van der Waals surface area contributed by atoms with E-state index >= 15 is 0 Å². The third kappa shape index (κ3) is 70.8. The molecule has 0 rings (SSSR count). The van der Waals surface area contributed by atoms with Crippen LogP contribution in [0.4, 0.5) is 0 Å². The molecule has 19 heteroatoms. The van der Waals surface area contributed by atoms with Gasteiger partial charge in [0, 0.05) is 32.3 Å². The molecule has 0 aromatic heterocycles. The van der Waals surface area contributed by atoms with E-state index in [0.29, 0.717) is 38.5 Å². The third-order valence-corrected chi connectivity index (χ3v) is 18.4. The van der Waals surface area contributed by atoms with Crippen molar-refractivity contribution in [2.75, 3.05) is 46.2 Å². The first-order valence-corrected chi connectivity index (χ1v) is 41.5. The molecule has 17 nitrogen and oxygen atoms in total. The highest BCUT2D eigenvalue weighted by molar-refractivity contribution is 7.47. The number of hydrogen-bond acceptors (Lipinski definition) is 15. The molecular weight excluding hydrogens is 1260 g/mol. The number of unbranched alkanes of at least 4 members (excludes halogenated alkanes) is 38. The van der Waals surface area contributed by atoms with Crippen molar-refractivity contribution in [3.63, 3.8) is 0 Å². The first-order chi connectivity index (χ1) is 46.8. The number of hydrogen-bond donors (Lipinski definition) is 3. The van der Waals surface area contributed by atoms with Gasteiger partial charge in [-0.1, -0.05) is 281 Å². The van der Waals surface area contributed by atoms with E-state index in [-0.39, 0.29) is 32.5 Å². The predicted octanol–water partition coefficient (Wildman–Crippen LogP) is 21.5. The maximum atomic E-state index is 13.1. The van der Waals surface area contributed by atoms with Crippen LogP contribution in [0.1, 0.15) is 342 Å². The third-order valence-electron chi connectivity index (χ3n) is 16.5. The summed E-state index contributed by atoms with van der Waals surface area (Å²) >= 11 is 0. The number of ether oxygens (including phenoxy) is 4. The number of aliphatic hydroxyl groups excluding tert-OH is 1. The van der Waals surface area contributed by atoms with Crippen molar-refractivity contribution in [1.82, 2.24) is 0 Å². The summed E-state index contributed by atoms with van der Waals surface area (Å²) in [6.45, 7) is 3.46. The summed E-state index contributed by atoms with van der Waals surface area (Å²) in [7, 11) is -9.80. The van der Waals surface area contributed by atoms with Crippen molar-refractivity contribution in [3.8, 4) is 0 Å². The molecule has 0 aliphatic rings. The largest absolute Gasteiger partial charge is 0.472 e. The van der Waals surface area contributed by atoms with Gasteiger partial charge in [0.2, 0.25) is 0 Å². The summed E-state index contributed by atoms with van der Waals surface area (Å²) in [4.78, 5) is 70.3. The average molecular weight is 1400 g/mol. The normalized spacial score (nSPS) is 14.3. The SMILES string of the molecule is CCCCC/C=C\C/C=C\C/C=C\C/C=C\CCCC(=O)OC[C@H](COP(=O)(O)OC[C@@H](O)COP(=O)(O)OC[C@@H](COC(=O)CCCCCCCCCCCCCCC)OC(=O)CCCCCCCCCCCCCCC)OCCCCCCC/C=C\CCCCCCC=O. The van der Waals surface area contributed by atoms with Crippen LogP contribution in [0.25, 0.3) is 0 Å². The molecule has 0 aromatic rings. The monoisotopic (exact) mass is 1400 g/mol. The second-order valence-electron chi connectivity index (χ2n) is 25.9. The first-order valence-electron chi connectivity index (χ1n) is 38.5. The molecule has 0 heterocycles. The van der Waals surface area contributed by atoms with Gasteiger partial charge in [-0.05, 0) is 96.3 Å². The molecule has 0 spiro atoms. The number of rotatable bonds is 75. The molecular formula is C77H140O17P2. The highest BCUT2D eigenvalue weighted by atomic mass is 31.2. The zero-order valence-electron chi connectivity index (χ0n) is 60.8. The highest BCUT2D eigenvalue weighted by Crippen LogP contribution is 2.45. The number of carbonyl (C=O) groups excluding carboxylic acids is 4. The molecule has 0 bridgehead atoms. The van der Waals surface area contributed by atoms with Crippen molar-refractivity contribution >= 4 is 39.8 Å². The maximum Gasteiger partial charge on any atom is 0.472 e. The lowest BCUT2D eigenvalue weighted by molar-refractivity contribution is -0.161. The van der Waals surface area contributed by atoms with E-state index < -0.39 is 84.9 Å².